The fourth-order valence-corrected chi connectivity index (χ4v) is 2.30. The third-order valence-electron chi connectivity index (χ3n) is 2.42. The minimum Gasteiger partial charge on any atom is -0.463 e. The molecule has 8 heteroatoms. The van der Waals surface area contributed by atoms with E-state index in [1.807, 2.05) is 27.0 Å². The van der Waals surface area contributed by atoms with Crippen LogP contribution in [0.5, 0.6) is 6.01 Å². The molecule has 20 heavy (non-hydrogen) atoms. The molecule has 3 N–H and O–H groups in total. The van der Waals surface area contributed by atoms with Crippen LogP contribution in [0.2, 0.25) is 0 Å². The SMILES string of the molecule is CCCOc1nc(N)nc(NC(C)c2ncc(C)s2)n1. The fraction of sp³-hybridized carbons (Fsp3) is 0.500. The van der Waals surface area contributed by atoms with Crippen LogP contribution in [0.1, 0.15) is 36.2 Å². The Bertz CT molecular complexity index is 573. The molecule has 1 unspecified atom stereocenters. The predicted octanol–water partition coefficient (Wildman–Crippen LogP) is 2.18. The Hall–Kier alpha value is -1.96. The topological polar surface area (TPSA) is 98.8 Å². The first-order valence-corrected chi connectivity index (χ1v) is 7.23. The Morgan fingerprint density at radius 2 is 2.20 bits per heavy atom. The van der Waals surface area contributed by atoms with E-state index in [-0.39, 0.29) is 18.0 Å². The quantitative estimate of drug-likeness (QED) is 0.842. The molecule has 1 atom stereocenters. The van der Waals surface area contributed by atoms with Crippen molar-refractivity contribution in [1.82, 2.24) is 19.9 Å². The minimum absolute atomic E-state index is 0.00507. The number of nitrogens with one attached hydrogen (secondary N) is 1. The molecule has 0 radical (unpaired) electrons. The van der Waals surface area contributed by atoms with Gasteiger partial charge in [0.1, 0.15) is 5.01 Å². The average molecular weight is 294 g/mol. The summed E-state index contributed by atoms with van der Waals surface area (Å²) in [7, 11) is 0. The van der Waals surface area contributed by atoms with Gasteiger partial charge in [0.25, 0.3) is 0 Å². The Balaban J connectivity index is 2.10. The van der Waals surface area contributed by atoms with E-state index < -0.39 is 0 Å². The van der Waals surface area contributed by atoms with Crippen LogP contribution in [-0.2, 0) is 0 Å². The molecule has 0 bridgehead atoms. The number of rotatable bonds is 6. The molecule has 0 saturated heterocycles. The van der Waals surface area contributed by atoms with E-state index >= 15 is 0 Å². The van der Waals surface area contributed by atoms with E-state index in [0.29, 0.717) is 12.6 Å². The van der Waals surface area contributed by atoms with Crippen LogP contribution in [0.25, 0.3) is 0 Å². The Morgan fingerprint density at radius 1 is 1.40 bits per heavy atom. The standard InChI is InChI=1S/C12H18N6OS/c1-4-5-19-12-17-10(13)16-11(18-12)15-8(3)9-14-6-7(2)20-9/h6,8H,4-5H2,1-3H3,(H3,13,15,16,17,18). The number of thiazole rings is 1. The molecule has 108 valence electrons. The molecule has 0 spiro atoms. The number of hydrogen-bond acceptors (Lipinski definition) is 8. The second-order valence-corrected chi connectivity index (χ2v) is 5.59. The summed E-state index contributed by atoms with van der Waals surface area (Å²) in [6, 6.07) is 0.235. The number of nitrogens with two attached hydrogens (primary N) is 1. The van der Waals surface area contributed by atoms with E-state index in [2.05, 4.69) is 25.3 Å². The number of nitrogens with zero attached hydrogens (tertiary/aromatic N) is 4. The zero-order valence-electron chi connectivity index (χ0n) is 11.8. The highest BCUT2D eigenvalue weighted by molar-refractivity contribution is 7.11. The Morgan fingerprint density at radius 3 is 2.85 bits per heavy atom. The van der Waals surface area contributed by atoms with E-state index in [1.54, 1.807) is 11.3 Å². The third-order valence-corrected chi connectivity index (χ3v) is 3.52. The molecule has 0 saturated carbocycles. The summed E-state index contributed by atoms with van der Waals surface area (Å²) in [5.74, 6) is 0.528. The lowest BCUT2D eigenvalue weighted by molar-refractivity contribution is 0.292. The van der Waals surface area contributed by atoms with Crippen molar-refractivity contribution in [2.24, 2.45) is 0 Å². The van der Waals surface area contributed by atoms with Gasteiger partial charge < -0.3 is 15.8 Å². The molecule has 0 fully saturated rings. The van der Waals surface area contributed by atoms with Crippen molar-refractivity contribution in [2.45, 2.75) is 33.2 Å². The number of hydrogen-bond donors (Lipinski definition) is 2. The maximum absolute atomic E-state index is 5.65. The van der Waals surface area contributed by atoms with Gasteiger partial charge in [-0.15, -0.1) is 11.3 Å². The molecule has 0 aromatic carbocycles. The lowest BCUT2D eigenvalue weighted by Crippen LogP contribution is -2.12. The number of nitrogen functional groups attached to an aromatic ring is 1. The van der Waals surface area contributed by atoms with Crippen LogP contribution in [0.15, 0.2) is 6.20 Å². The molecule has 2 heterocycles. The first kappa shape index (κ1) is 14.4. The van der Waals surface area contributed by atoms with Gasteiger partial charge in [0.15, 0.2) is 0 Å². The molecule has 2 rings (SSSR count). The van der Waals surface area contributed by atoms with E-state index in [1.165, 1.54) is 0 Å². The molecule has 0 amide bonds. The molecular weight excluding hydrogens is 276 g/mol. The van der Waals surface area contributed by atoms with Gasteiger partial charge in [-0.3, -0.25) is 0 Å². The number of ether oxygens (including phenoxy) is 1. The maximum atomic E-state index is 5.65. The van der Waals surface area contributed by atoms with Crippen LogP contribution >= 0.6 is 11.3 Å². The minimum atomic E-state index is -0.00507. The van der Waals surface area contributed by atoms with E-state index in [9.17, 15) is 0 Å². The van der Waals surface area contributed by atoms with Crippen LogP contribution in [0.3, 0.4) is 0 Å². The van der Waals surface area contributed by atoms with E-state index in [0.717, 1.165) is 16.3 Å². The van der Waals surface area contributed by atoms with Crippen molar-refractivity contribution in [3.8, 4) is 6.01 Å². The van der Waals surface area contributed by atoms with Crippen LogP contribution in [0.4, 0.5) is 11.9 Å². The first-order valence-electron chi connectivity index (χ1n) is 6.41. The maximum Gasteiger partial charge on any atom is 0.323 e. The Kier molecular flexibility index (Phi) is 4.67. The number of aromatic nitrogens is 4. The zero-order chi connectivity index (χ0) is 14.5. The van der Waals surface area contributed by atoms with Gasteiger partial charge in [0.2, 0.25) is 11.9 Å². The van der Waals surface area contributed by atoms with Gasteiger partial charge >= 0.3 is 6.01 Å². The molecule has 2 aromatic rings. The van der Waals surface area contributed by atoms with Crippen molar-refractivity contribution in [2.75, 3.05) is 17.7 Å². The van der Waals surface area contributed by atoms with Crippen LogP contribution in [-0.4, -0.2) is 26.5 Å². The van der Waals surface area contributed by atoms with Gasteiger partial charge in [-0.2, -0.15) is 15.0 Å². The molecule has 0 aliphatic carbocycles. The third kappa shape index (κ3) is 3.77. The van der Waals surface area contributed by atoms with Crippen LogP contribution in [0, 0.1) is 6.92 Å². The second-order valence-electron chi connectivity index (χ2n) is 4.32. The van der Waals surface area contributed by atoms with Gasteiger partial charge in [0.05, 0.1) is 12.6 Å². The summed E-state index contributed by atoms with van der Waals surface area (Å²) in [6.45, 7) is 6.57. The van der Waals surface area contributed by atoms with Crippen molar-refractivity contribution in [3.05, 3.63) is 16.1 Å². The lowest BCUT2D eigenvalue weighted by Gasteiger charge is -2.12. The molecule has 0 aliphatic rings. The molecule has 7 nitrogen and oxygen atoms in total. The van der Waals surface area contributed by atoms with Crippen molar-refractivity contribution in [1.29, 1.82) is 0 Å². The van der Waals surface area contributed by atoms with Gasteiger partial charge in [-0.25, -0.2) is 4.98 Å². The highest BCUT2D eigenvalue weighted by Crippen LogP contribution is 2.22. The van der Waals surface area contributed by atoms with Gasteiger partial charge in [-0.05, 0) is 20.3 Å². The average Bonchev–Trinajstić information content (AvgIpc) is 2.82. The lowest BCUT2D eigenvalue weighted by atomic mass is 10.4. The van der Waals surface area contributed by atoms with Crippen LogP contribution < -0.4 is 15.8 Å². The monoisotopic (exact) mass is 294 g/mol. The van der Waals surface area contributed by atoms with Gasteiger partial charge in [-0.1, -0.05) is 6.92 Å². The molecular formula is C12H18N6OS. The predicted molar refractivity (Wildman–Crippen MR) is 78.9 cm³/mol. The summed E-state index contributed by atoms with van der Waals surface area (Å²) in [4.78, 5) is 17.7. The largest absolute Gasteiger partial charge is 0.463 e. The second kappa shape index (κ2) is 6.47. The molecule has 0 aliphatic heterocycles. The van der Waals surface area contributed by atoms with Crippen molar-refractivity contribution < 1.29 is 4.74 Å². The summed E-state index contributed by atoms with van der Waals surface area (Å²) in [6.07, 6.45) is 2.72. The Labute approximate surface area is 121 Å². The van der Waals surface area contributed by atoms with Gasteiger partial charge in [0, 0.05) is 11.1 Å². The summed E-state index contributed by atoms with van der Waals surface area (Å²) in [5, 5.41) is 4.12. The summed E-state index contributed by atoms with van der Waals surface area (Å²) < 4.78 is 5.37. The smallest absolute Gasteiger partial charge is 0.323 e. The summed E-state index contributed by atoms with van der Waals surface area (Å²) in [5.41, 5.74) is 5.65. The highest BCUT2D eigenvalue weighted by Gasteiger charge is 2.12. The normalized spacial score (nSPS) is 12.2. The summed E-state index contributed by atoms with van der Waals surface area (Å²) >= 11 is 1.63. The molecule has 2 aromatic heterocycles. The fourth-order valence-electron chi connectivity index (χ4n) is 1.52. The number of anilines is 2. The zero-order valence-corrected chi connectivity index (χ0v) is 12.6. The van der Waals surface area contributed by atoms with E-state index in [4.69, 9.17) is 10.5 Å². The number of aryl methyl sites for hydroxylation is 1. The first-order chi connectivity index (χ1) is 9.58. The van der Waals surface area contributed by atoms with Crippen molar-refractivity contribution in [3.63, 3.8) is 0 Å². The highest BCUT2D eigenvalue weighted by atomic mass is 32.1. The van der Waals surface area contributed by atoms with Crippen molar-refractivity contribution >= 4 is 23.2 Å².